The van der Waals surface area contributed by atoms with Gasteiger partial charge in [0.2, 0.25) is 0 Å². The van der Waals surface area contributed by atoms with Crippen LogP contribution in [0.25, 0.3) is 0 Å². The van der Waals surface area contributed by atoms with E-state index in [9.17, 15) is 9.59 Å². The van der Waals surface area contributed by atoms with Crippen molar-refractivity contribution in [2.75, 3.05) is 0 Å². The fraction of sp³-hybridized carbons (Fsp3) is 0.769. The van der Waals surface area contributed by atoms with Crippen molar-refractivity contribution < 1.29 is 0 Å². The van der Waals surface area contributed by atoms with Crippen LogP contribution < -0.4 is 16.6 Å². The summed E-state index contributed by atoms with van der Waals surface area (Å²) in [4.78, 5) is 24.6. The molecule has 0 spiro atoms. The van der Waals surface area contributed by atoms with Gasteiger partial charge in [-0.1, -0.05) is 33.9 Å². The molecule has 0 unspecified atom stereocenters. The highest BCUT2D eigenvalue weighted by Crippen LogP contribution is 2.34. The Hall–Kier alpha value is -1.17. The molecule has 108 valence electrons. The Labute approximate surface area is 115 Å². The molecule has 0 saturated carbocycles. The zero-order chi connectivity index (χ0) is 15.0. The molecule has 1 heterocycles. The SMILES string of the molecule is CCn1nc([Si](C)(C)C(C)(C)C)c(=O)n(CC)c1=O. The Balaban J connectivity index is 3.72. The van der Waals surface area contributed by atoms with E-state index in [1.807, 2.05) is 13.8 Å². The van der Waals surface area contributed by atoms with Crippen molar-refractivity contribution >= 4 is 13.4 Å². The van der Waals surface area contributed by atoms with E-state index < -0.39 is 8.07 Å². The lowest BCUT2D eigenvalue weighted by molar-refractivity contribution is 0.527. The molecule has 0 N–H and O–H groups in total. The highest BCUT2D eigenvalue weighted by molar-refractivity contribution is 6.91. The summed E-state index contributed by atoms with van der Waals surface area (Å²) < 4.78 is 2.70. The molecule has 1 aromatic heterocycles. The number of hydrogen-bond acceptors (Lipinski definition) is 3. The molecule has 6 heteroatoms. The van der Waals surface area contributed by atoms with E-state index in [1.165, 1.54) is 9.25 Å². The minimum atomic E-state index is -2.05. The number of aromatic nitrogens is 3. The molecule has 1 rings (SSSR count). The van der Waals surface area contributed by atoms with Gasteiger partial charge in [-0.25, -0.2) is 9.48 Å². The summed E-state index contributed by atoms with van der Waals surface area (Å²) in [5, 5.41) is 4.98. The topological polar surface area (TPSA) is 56.9 Å². The molecule has 0 radical (unpaired) electrons. The molecule has 0 fully saturated rings. The van der Waals surface area contributed by atoms with E-state index >= 15 is 0 Å². The van der Waals surface area contributed by atoms with E-state index in [4.69, 9.17) is 0 Å². The van der Waals surface area contributed by atoms with Gasteiger partial charge in [0.05, 0.1) is 0 Å². The lowest BCUT2D eigenvalue weighted by Crippen LogP contribution is -2.63. The third kappa shape index (κ3) is 2.59. The normalized spacial score (nSPS) is 12.8. The molecule has 0 aliphatic rings. The molecule has 1 aromatic rings. The Kier molecular flexibility index (Phi) is 4.24. The van der Waals surface area contributed by atoms with Gasteiger partial charge in [0.15, 0.2) is 0 Å². The smallest absolute Gasteiger partial charge is 0.268 e. The van der Waals surface area contributed by atoms with Crippen LogP contribution in [0.3, 0.4) is 0 Å². The van der Waals surface area contributed by atoms with Crippen LogP contribution in [0.1, 0.15) is 34.6 Å². The van der Waals surface area contributed by atoms with Crippen molar-refractivity contribution in [3.63, 3.8) is 0 Å². The quantitative estimate of drug-likeness (QED) is 0.782. The molecule has 0 amide bonds. The van der Waals surface area contributed by atoms with Crippen molar-refractivity contribution in [1.82, 2.24) is 14.3 Å². The van der Waals surface area contributed by atoms with E-state index in [-0.39, 0.29) is 16.3 Å². The minimum Gasteiger partial charge on any atom is -0.268 e. The third-order valence-electron chi connectivity index (χ3n) is 4.20. The summed E-state index contributed by atoms with van der Waals surface area (Å²) in [7, 11) is -2.05. The molecule has 19 heavy (non-hydrogen) atoms. The number of hydrogen-bond donors (Lipinski definition) is 0. The third-order valence-corrected chi connectivity index (χ3v) is 9.45. The largest absolute Gasteiger partial charge is 0.347 e. The van der Waals surface area contributed by atoms with Gasteiger partial charge >= 0.3 is 5.69 Å². The summed E-state index contributed by atoms with van der Waals surface area (Å²) in [6.07, 6.45) is 0. The zero-order valence-electron chi connectivity index (χ0n) is 13.1. The first kappa shape index (κ1) is 15.9. The van der Waals surface area contributed by atoms with Gasteiger partial charge in [0, 0.05) is 13.1 Å². The maximum atomic E-state index is 12.5. The zero-order valence-corrected chi connectivity index (χ0v) is 14.1. The maximum Gasteiger partial charge on any atom is 0.347 e. The predicted octanol–water partition coefficient (Wildman–Crippen LogP) is 1.16. The van der Waals surface area contributed by atoms with Crippen LogP contribution in [0.2, 0.25) is 18.1 Å². The molecular weight excluding hydrogens is 258 g/mol. The van der Waals surface area contributed by atoms with Gasteiger partial charge < -0.3 is 0 Å². The Morgan fingerprint density at radius 2 is 1.63 bits per heavy atom. The second kappa shape index (κ2) is 5.07. The standard InChI is InChI=1S/C13H25N3O2Si/c1-8-15-11(17)10(14-16(9-2)12(15)18)19(6,7)13(3,4)5/h8-9H2,1-7H3. The summed E-state index contributed by atoms with van der Waals surface area (Å²) in [5.41, 5.74) is -0.513. The first-order valence-corrected chi connectivity index (χ1v) is 9.80. The highest BCUT2D eigenvalue weighted by atomic mass is 28.3. The van der Waals surface area contributed by atoms with Crippen LogP contribution in [0.4, 0.5) is 0 Å². The monoisotopic (exact) mass is 283 g/mol. The molecule has 0 atom stereocenters. The van der Waals surface area contributed by atoms with Crippen molar-refractivity contribution in [2.24, 2.45) is 0 Å². The molecule has 0 aliphatic carbocycles. The summed E-state index contributed by atoms with van der Waals surface area (Å²) in [6, 6.07) is 0. The number of aryl methyl sites for hydroxylation is 1. The van der Waals surface area contributed by atoms with Crippen molar-refractivity contribution in [3.05, 3.63) is 20.8 Å². The van der Waals surface area contributed by atoms with Crippen LogP contribution in [-0.2, 0) is 13.1 Å². The second-order valence-electron chi connectivity index (χ2n) is 6.37. The van der Waals surface area contributed by atoms with Crippen LogP contribution in [0.5, 0.6) is 0 Å². The lowest BCUT2D eigenvalue weighted by atomic mass is 10.2. The minimum absolute atomic E-state index is 0.0146. The molecule has 0 aliphatic heterocycles. The molecule has 5 nitrogen and oxygen atoms in total. The lowest BCUT2D eigenvalue weighted by Gasteiger charge is -2.35. The molecular formula is C13H25N3O2Si. The summed E-state index contributed by atoms with van der Waals surface area (Å²) in [6.45, 7) is 15.3. The van der Waals surface area contributed by atoms with Crippen LogP contribution >= 0.6 is 0 Å². The average molecular weight is 283 g/mol. The van der Waals surface area contributed by atoms with Crippen LogP contribution in [-0.4, -0.2) is 22.4 Å². The van der Waals surface area contributed by atoms with Crippen LogP contribution in [0.15, 0.2) is 9.59 Å². The Morgan fingerprint density at radius 3 is 2.00 bits per heavy atom. The van der Waals surface area contributed by atoms with Gasteiger partial charge in [-0.05, 0) is 18.9 Å². The fourth-order valence-corrected chi connectivity index (χ4v) is 3.54. The van der Waals surface area contributed by atoms with E-state index in [1.54, 1.807) is 0 Å². The maximum absolute atomic E-state index is 12.5. The van der Waals surface area contributed by atoms with E-state index in [0.717, 1.165) is 0 Å². The van der Waals surface area contributed by atoms with Gasteiger partial charge in [-0.2, -0.15) is 5.10 Å². The Morgan fingerprint density at radius 1 is 1.11 bits per heavy atom. The summed E-state index contributed by atoms with van der Waals surface area (Å²) >= 11 is 0. The first-order chi connectivity index (χ1) is 8.57. The Bertz CT molecular complexity index is 579. The van der Waals surface area contributed by atoms with Crippen molar-refractivity contribution in [2.45, 2.75) is 65.8 Å². The predicted molar refractivity (Wildman–Crippen MR) is 80.9 cm³/mol. The van der Waals surface area contributed by atoms with E-state index in [0.29, 0.717) is 18.4 Å². The molecule has 0 bridgehead atoms. The van der Waals surface area contributed by atoms with Gasteiger partial charge in [-0.3, -0.25) is 9.36 Å². The van der Waals surface area contributed by atoms with E-state index in [2.05, 4.69) is 39.0 Å². The average Bonchev–Trinajstić information content (AvgIpc) is 2.28. The van der Waals surface area contributed by atoms with Crippen molar-refractivity contribution in [3.8, 4) is 0 Å². The molecule has 0 aromatic carbocycles. The van der Waals surface area contributed by atoms with Gasteiger partial charge in [-0.15, -0.1) is 0 Å². The molecule has 0 saturated heterocycles. The van der Waals surface area contributed by atoms with Crippen LogP contribution in [0, 0.1) is 0 Å². The van der Waals surface area contributed by atoms with Crippen molar-refractivity contribution in [1.29, 1.82) is 0 Å². The second-order valence-corrected chi connectivity index (χ2v) is 11.6. The number of nitrogens with zero attached hydrogens (tertiary/aromatic N) is 3. The fourth-order valence-electron chi connectivity index (χ4n) is 1.79. The highest BCUT2D eigenvalue weighted by Gasteiger charge is 2.41. The summed E-state index contributed by atoms with van der Waals surface area (Å²) in [5.74, 6) is 0. The van der Waals surface area contributed by atoms with Gasteiger partial charge in [0.25, 0.3) is 5.56 Å². The van der Waals surface area contributed by atoms with Gasteiger partial charge in [0.1, 0.15) is 13.4 Å². The number of rotatable bonds is 3. The first-order valence-electron chi connectivity index (χ1n) is 6.80.